The van der Waals surface area contributed by atoms with Gasteiger partial charge in [0.25, 0.3) is 0 Å². The second-order valence-corrected chi connectivity index (χ2v) is 1.99. The van der Waals surface area contributed by atoms with E-state index in [9.17, 15) is 26.3 Å². The van der Waals surface area contributed by atoms with E-state index < -0.39 is 18.3 Å². The fourth-order valence-corrected chi connectivity index (χ4v) is 0.540. The molecule has 0 heterocycles. The fourth-order valence-electron chi connectivity index (χ4n) is 0.540. The molecule has 0 amide bonds. The molecule has 0 aromatic carbocycles. The van der Waals surface area contributed by atoms with Gasteiger partial charge in [-0.05, 0) is 6.92 Å². The zero-order chi connectivity index (χ0) is 9.99. The molecule has 0 aromatic heterocycles. The minimum Gasteiger partial charge on any atom is -0.170 e. The first-order valence-corrected chi connectivity index (χ1v) is 2.79. The molecule has 0 atom stereocenters. The summed E-state index contributed by atoms with van der Waals surface area (Å²) in [5.41, 5.74) is 0. The Bertz CT molecular complexity index is 148. The average molecular weight is 191 g/mol. The summed E-state index contributed by atoms with van der Waals surface area (Å²) in [4.78, 5) is 0. The van der Waals surface area contributed by atoms with E-state index >= 15 is 0 Å². The van der Waals surface area contributed by atoms with Gasteiger partial charge in [-0.2, -0.15) is 26.3 Å². The highest BCUT2D eigenvalue weighted by molar-refractivity contribution is 4.97. The van der Waals surface area contributed by atoms with Crippen LogP contribution in [0, 0.1) is 12.8 Å². The van der Waals surface area contributed by atoms with Crippen molar-refractivity contribution in [3.05, 3.63) is 19.1 Å². The van der Waals surface area contributed by atoms with Crippen molar-refractivity contribution in [3.63, 3.8) is 0 Å². The average Bonchev–Trinajstić information content (AvgIpc) is 1.77. The molecule has 71 valence electrons. The van der Waals surface area contributed by atoms with Crippen molar-refractivity contribution in [2.45, 2.75) is 12.4 Å². The summed E-state index contributed by atoms with van der Waals surface area (Å²) in [7, 11) is 0. The molecule has 6 heteroatoms. The third kappa shape index (κ3) is 3.15. The van der Waals surface area contributed by atoms with Gasteiger partial charge in [-0.25, -0.2) is 0 Å². The molecule has 0 saturated carbocycles. The summed E-state index contributed by atoms with van der Waals surface area (Å²) in [6.45, 7) is 2.77. The quantitative estimate of drug-likeness (QED) is 0.558. The Kier molecular flexibility index (Phi) is 3.17. The predicted octanol–water partition coefficient (Wildman–Crippen LogP) is 3.12. The minimum absolute atomic E-state index is 0.0278. The molecule has 0 bridgehead atoms. The molecule has 0 saturated heterocycles. The number of hydrogen-bond donors (Lipinski definition) is 0. The molecule has 0 aromatic rings. The molecule has 0 spiro atoms. The Morgan fingerprint density at radius 2 is 1.25 bits per heavy atom. The maximum absolute atomic E-state index is 11.6. The summed E-state index contributed by atoms with van der Waals surface area (Å²) in [5, 5.41) is 0. The van der Waals surface area contributed by atoms with Gasteiger partial charge in [0.05, 0.1) is 0 Å². The van der Waals surface area contributed by atoms with Crippen molar-refractivity contribution in [2.24, 2.45) is 5.92 Å². The molecule has 0 fully saturated rings. The highest BCUT2D eigenvalue weighted by Crippen LogP contribution is 2.39. The predicted molar refractivity (Wildman–Crippen MR) is 30.1 cm³/mol. The lowest BCUT2D eigenvalue weighted by atomic mass is 10.1. The van der Waals surface area contributed by atoms with Gasteiger partial charge >= 0.3 is 12.4 Å². The number of halogens is 6. The highest BCUT2D eigenvalue weighted by atomic mass is 19.4. The Balaban J connectivity index is 4.69. The highest BCUT2D eigenvalue weighted by Gasteiger charge is 2.54. The Labute approximate surface area is 64.9 Å². The minimum atomic E-state index is -5.30. The normalized spacial score (nSPS) is 14.7. The van der Waals surface area contributed by atoms with Crippen LogP contribution in [0.25, 0.3) is 0 Å². The SMILES string of the molecule is [CH2]/C=C/C(C(F)(F)F)C(F)(F)F. The molecule has 1 radical (unpaired) electrons. The number of alkyl halides is 6. The van der Waals surface area contributed by atoms with Crippen LogP contribution in [0.5, 0.6) is 0 Å². The Morgan fingerprint density at radius 1 is 0.917 bits per heavy atom. The zero-order valence-corrected chi connectivity index (χ0v) is 5.71. The molecular formula is C6H5F6. The van der Waals surface area contributed by atoms with Crippen molar-refractivity contribution < 1.29 is 26.3 Å². The molecule has 0 N–H and O–H groups in total. The van der Waals surface area contributed by atoms with Crippen LogP contribution in [0.4, 0.5) is 26.3 Å². The summed E-state index contributed by atoms with van der Waals surface area (Å²) in [6.07, 6.45) is -10.1. The third-order valence-corrected chi connectivity index (χ3v) is 1.03. The molecule has 0 rings (SSSR count). The summed E-state index contributed by atoms with van der Waals surface area (Å²) in [5.74, 6) is -3.41. The van der Waals surface area contributed by atoms with Crippen LogP contribution >= 0.6 is 0 Å². The van der Waals surface area contributed by atoms with E-state index in [1.165, 1.54) is 0 Å². The zero-order valence-electron chi connectivity index (χ0n) is 5.71. The second-order valence-electron chi connectivity index (χ2n) is 1.99. The van der Waals surface area contributed by atoms with Crippen LogP contribution in [-0.2, 0) is 0 Å². The van der Waals surface area contributed by atoms with E-state index in [1.54, 1.807) is 0 Å². The van der Waals surface area contributed by atoms with Gasteiger partial charge in [0.15, 0.2) is 5.92 Å². The van der Waals surface area contributed by atoms with E-state index in [0.717, 1.165) is 0 Å². The van der Waals surface area contributed by atoms with Crippen molar-refractivity contribution >= 4 is 0 Å². The van der Waals surface area contributed by atoms with Gasteiger partial charge in [-0.15, -0.1) is 0 Å². The number of hydrogen-bond acceptors (Lipinski definition) is 0. The molecular weight excluding hydrogens is 186 g/mol. The van der Waals surface area contributed by atoms with Crippen LogP contribution in [0.3, 0.4) is 0 Å². The van der Waals surface area contributed by atoms with Gasteiger partial charge in [0.2, 0.25) is 0 Å². The van der Waals surface area contributed by atoms with E-state index in [2.05, 4.69) is 6.92 Å². The summed E-state index contributed by atoms with van der Waals surface area (Å²) < 4.78 is 69.6. The van der Waals surface area contributed by atoms with Gasteiger partial charge in [0.1, 0.15) is 0 Å². The first kappa shape index (κ1) is 11.3. The van der Waals surface area contributed by atoms with Crippen molar-refractivity contribution in [3.8, 4) is 0 Å². The smallest absolute Gasteiger partial charge is 0.170 e. The van der Waals surface area contributed by atoms with Crippen molar-refractivity contribution in [1.82, 2.24) is 0 Å². The van der Waals surface area contributed by atoms with Crippen LogP contribution in [0.2, 0.25) is 0 Å². The van der Waals surface area contributed by atoms with E-state index in [4.69, 9.17) is 0 Å². The molecule has 12 heavy (non-hydrogen) atoms. The number of rotatable bonds is 1. The van der Waals surface area contributed by atoms with Crippen LogP contribution in [0.15, 0.2) is 12.2 Å². The van der Waals surface area contributed by atoms with Crippen LogP contribution < -0.4 is 0 Å². The lowest BCUT2D eigenvalue weighted by molar-refractivity contribution is -0.267. The van der Waals surface area contributed by atoms with Crippen molar-refractivity contribution in [2.75, 3.05) is 0 Å². The molecule has 0 aliphatic carbocycles. The van der Waals surface area contributed by atoms with E-state index in [0.29, 0.717) is 6.08 Å². The fraction of sp³-hybridized carbons (Fsp3) is 0.500. The first-order chi connectivity index (χ1) is 5.19. The van der Waals surface area contributed by atoms with Crippen molar-refractivity contribution in [1.29, 1.82) is 0 Å². The van der Waals surface area contributed by atoms with Gasteiger partial charge in [-0.1, -0.05) is 12.2 Å². The third-order valence-electron chi connectivity index (χ3n) is 1.03. The Hall–Kier alpha value is -0.680. The maximum Gasteiger partial charge on any atom is 0.403 e. The monoisotopic (exact) mass is 191 g/mol. The van der Waals surface area contributed by atoms with Gasteiger partial charge < -0.3 is 0 Å². The largest absolute Gasteiger partial charge is 0.403 e. The Morgan fingerprint density at radius 3 is 1.33 bits per heavy atom. The summed E-state index contributed by atoms with van der Waals surface area (Å²) >= 11 is 0. The summed E-state index contributed by atoms with van der Waals surface area (Å²) in [6, 6.07) is 0. The molecule has 0 nitrogen and oxygen atoms in total. The maximum atomic E-state index is 11.6. The van der Waals surface area contributed by atoms with Gasteiger partial charge in [0, 0.05) is 0 Å². The molecule has 0 unspecified atom stereocenters. The van der Waals surface area contributed by atoms with Crippen LogP contribution in [-0.4, -0.2) is 12.4 Å². The van der Waals surface area contributed by atoms with E-state index in [-0.39, 0.29) is 6.08 Å². The van der Waals surface area contributed by atoms with Crippen LogP contribution in [0.1, 0.15) is 0 Å². The first-order valence-electron chi connectivity index (χ1n) is 2.79. The standard InChI is InChI=1S/C6H5F6/c1-2-3-4(5(7,8)9)6(10,11)12/h2-4H,1H2/b3-2+. The topological polar surface area (TPSA) is 0 Å². The van der Waals surface area contributed by atoms with E-state index in [1.807, 2.05) is 0 Å². The molecule has 0 aliphatic rings. The lowest BCUT2D eigenvalue weighted by Gasteiger charge is -2.19. The molecule has 0 aliphatic heterocycles. The van der Waals surface area contributed by atoms with Gasteiger partial charge in [-0.3, -0.25) is 0 Å². The lowest BCUT2D eigenvalue weighted by Crippen LogP contribution is -2.34. The number of allylic oxidation sites excluding steroid dienone is 2. The second kappa shape index (κ2) is 3.37.